The van der Waals surface area contributed by atoms with E-state index in [2.05, 4.69) is 9.72 Å². The third-order valence-corrected chi connectivity index (χ3v) is 3.85. The minimum absolute atomic E-state index is 0.114. The normalized spacial score (nSPS) is 10.7. The zero-order valence-corrected chi connectivity index (χ0v) is 12.8. The lowest BCUT2D eigenvalue weighted by atomic mass is 10.0. The SMILES string of the molecule is COC(=O)c1cc2c(O)c(-c3ccccc3)c(=O)[nH]c2cc1Cl. The van der Waals surface area contributed by atoms with Crippen LogP contribution in [0, 0.1) is 0 Å². The van der Waals surface area contributed by atoms with Gasteiger partial charge >= 0.3 is 5.97 Å². The number of pyridine rings is 1. The van der Waals surface area contributed by atoms with Crippen LogP contribution in [0.5, 0.6) is 5.75 Å². The summed E-state index contributed by atoms with van der Waals surface area (Å²) in [7, 11) is 1.24. The number of H-pyrrole nitrogens is 1. The number of rotatable bonds is 2. The van der Waals surface area contributed by atoms with Crippen molar-refractivity contribution in [3.8, 4) is 16.9 Å². The Bertz CT molecular complexity index is 964. The van der Waals surface area contributed by atoms with Crippen molar-refractivity contribution in [3.63, 3.8) is 0 Å². The van der Waals surface area contributed by atoms with Crippen LogP contribution in [0.2, 0.25) is 5.02 Å². The Labute approximate surface area is 136 Å². The predicted octanol–water partition coefficient (Wildman–Crippen LogP) is 3.34. The minimum Gasteiger partial charge on any atom is -0.506 e. The van der Waals surface area contributed by atoms with E-state index in [1.807, 2.05) is 6.07 Å². The molecule has 3 rings (SSSR count). The molecule has 0 aliphatic heterocycles. The van der Waals surface area contributed by atoms with E-state index in [4.69, 9.17) is 11.6 Å². The summed E-state index contributed by atoms with van der Waals surface area (Å²) in [5.74, 6) is -0.833. The number of hydrogen-bond donors (Lipinski definition) is 2. The van der Waals surface area contributed by atoms with Crippen LogP contribution in [0.1, 0.15) is 10.4 Å². The Balaban J connectivity index is 2.35. The molecule has 0 aliphatic rings. The van der Waals surface area contributed by atoms with Gasteiger partial charge in [-0.05, 0) is 17.7 Å². The maximum absolute atomic E-state index is 12.3. The predicted molar refractivity (Wildman–Crippen MR) is 88.0 cm³/mol. The number of aromatic amines is 1. The van der Waals surface area contributed by atoms with E-state index >= 15 is 0 Å². The zero-order chi connectivity index (χ0) is 16.6. The van der Waals surface area contributed by atoms with Gasteiger partial charge in [-0.1, -0.05) is 41.9 Å². The van der Waals surface area contributed by atoms with Crippen LogP contribution in [-0.2, 0) is 4.74 Å². The molecule has 0 unspecified atom stereocenters. The molecule has 116 valence electrons. The molecule has 23 heavy (non-hydrogen) atoms. The molecule has 2 N–H and O–H groups in total. The molecule has 1 heterocycles. The van der Waals surface area contributed by atoms with Crippen LogP contribution in [0.25, 0.3) is 22.0 Å². The highest BCUT2D eigenvalue weighted by atomic mass is 35.5. The topological polar surface area (TPSA) is 79.4 Å². The molecule has 3 aromatic rings. The molecule has 0 bridgehead atoms. The fraction of sp³-hybridized carbons (Fsp3) is 0.0588. The van der Waals surface area contributed by atoms with Crippen LogP contribution >= 0.6 is 11.6 Å². The number of carbonyl (C=O) groups excluding carboxylic acids is 1. The van der Waals surface area contributed by atoms with Gasteiger partial charge in [0, 0.05) is 5.39 Å². The van der Waals surface area contributed by atoms with Crippen LogP contribution < -0.4 is 5.56 Å². The standard InChI is InChI=1S/C17H12ClNO4/c1-23-17(22)10-7-11-13(8-12(10)18)19-16(21)14(15(11)20)9-5-3-2-4-6-9/h2-8H,1H3,(H2,19,20,21). The first-order chi connectivity index (χ1) is 11.0. The quantitative estimate of drug-likeness (QED) is 0.707. The largest absolute Gasteiger partial charge is 0.506 e. The molecule has 1 aromatic heterocycles. The average Bonchev–Trinajstić information content (AvgIpc) is 2.54. The summed E-state index contributed by atoms with van der Waals surface area (Å²) in [6, 6.07) is 11.6. The molecule has 0 atom stereocenters. The van der Waals surface area contributed by atoms with Gasteiger partial charge in [0.1, 0.15) is 5.75 Å². The van der Waals surface area contributed by atoms with Gasteiger partial charge in [-0.3, -0.25) is 4.79 Å². The van der Waals surface area contributed by atoms with E-state index in [0.717, 1.165) is 0 Å². The lowest BCUT2D eigenvalue weighted by molar-refractivity contribution is 0.0601. The van der Waals surface area contributed by atoms with E-state index in [1.165, 1.54) is 19.2 Å². The Morgan fingerprint density at radius 2 is 1.91 bits per heavy atom. The van der Waals surface area contributed by atoms with E-state index in [0.29, 0.717) is 16.5 Å². The summed E-state index contributed by atoms with van der Waals surface area (Å²) in [6.07, 6.45) is 0. The number of halogens is 1. The summed E-state index contributed by atoms with van der Waals surface area (Å²) in [6.45, 7) is 0. The highest BCUT2D eigenvalue weighted by Gasteiger charge is 2.18. The van der Waals surface area contributed by atoms with E-state index < -0.39 is 11.5 Å². The summed E-state index contributed by atoms with van der Waals surface area (Å²) >= 11 is 6.03. The van der Waals surface area contributed by atoms with E-state index in [9.17, 15) is 14.7 Å². The number of aromatic hydroxyl groups is 1. The molecular weight excluding hydrogens is 318 g/mol. The molecule has 0 saturated carbocycles. The van der Waals surface area contributed by atoms with Crippen molar-refractivity contribution in [1.29, 1.82) is 0 Å². The third kappa shape index (κ3) is 2.55. The lowest BCUT2D eigenvalue weighted by Gasteiger charge is -2.10. The highest BCUT2D eigenvalue weighted by Crippen LogP contribution is 2.34. The molecule has 2 aromatic carbocycles. The fourth-order valence-electron chi connectivity index (χ4n) is 2.44. The number of esters is 1. The third-order valence-electron chi connectivity index (χ3n) is 3.54. The second kappa shape index (κ2) is 5.78. The number of nitrogens with one attached hydrogen (secondary N) is 1. The van der Waals surface area contributed by atoms with Crippen molar-refractivity contribution in [2.75, 3.05) is 7.11 Å². The van der Waals surface area contributed by atoms with Crippen molar-refractivity contribution >= 4 is 28.5 Å². The highest BCUT2D eigenvalue weighted by molar-refractivity contribution is 6.34. The Morgan fingerprint density at radius 1 is 1.22 bits per heavy atom. The molecule has 6 heteroatoms. The summed E-state index contributed by atoms with van der Waals surface area (Å²) < 4.78 is 4.67. The molecule has 0 spiro atoms. The van der Waals surface area contributed by atoms with Crippen molar-refractivity contribution in [3.05, 3.63) is 63.4 Å². The van der Waals surface area contributed by atoms with Crippen LogP contribution in [0.15, 0.2) is 47.3 Å². The monoisotopic (exact) mass is 329 g/mol. The second-order valence-corrected chi connectivity index (χ2v) is 5.32. The molecule has 0 fully saturated rings. The smallest absolute Gasteiger partial charge is 0.339 e. The maximum atomic E-state index is 12.3. The van der Waals surface area contributed by atoms with Gasteiger partial charge in [-0.25, -0.2) is 4.79 Å². The van der Waals surface area contributed by atoms with Gasteiger partial charge in [0.05, 0.1) is 28.8 Å². The van der Waals surface area contributed by atoms with Gasteiger partial charge in [0.15, 0.2) is 0 Å². The Hall–Kier alpha value is -2.79. The molecule has 5 nitrogen and oxygen atoms in total. The molecule has 0 aliphatic carbocycles. The van der Waals surface area contributed by atoms with Crippen molar-refractivity contribution in [2.45, 2.75) is 0 Å². The average molecular weight is 330 g/mol. The summed E-state index contributed by atoms with van der Waals surface area (Å²) in [5.41, 5.74) is 0.718. The zero-order valence-electron chi connectivity index (χ0n) is 12.1. The van der Waals surface area contributed by atoms with Gasteiger partial charge in [-0.2, -0.15) is 0 Å². The van der Waals surface area contributed by atoms with E-state index in [1.54, 1.807) is 24.3 Å². The number of hydrogen-bond acceptors (Lipinski definition) is 4. The Morgan fingerprint density at radius 3 is 2.57 bits per heavy atom. The summed E-state index contributed by atoms with van der Waals surface area (Å²) in [5, 5.41) is 11.0. The molecule has 0 radical (unpaired) electrons. The number of carbonyl (C=O) groups is 1. The first-order valence-electron chi connectivity index (χ1n) is 6.75. The van der Waals surface area contributed by atoms with Gasteiger partial charge in [0.2, 0.25) is 0 Å². The number of aromatic nitrogens is 1. The van der Waals surface area contributed by atoms with Crippen molar-refractivity contribution in [2.24, 2.45) is 0 Å². The van der Waals surface area contributed by atoms with Crippen molar-refractivity contribution in [1.82, 2.24) is 4.98 Å². The van der Waals surface area contributed by atoms with Crippen LogP contribution in [0.3, 0.4) is 0 Å². The van der Waals surface area contributed by atoms with Gasteiger partial charge in [0.25, 0.3) is 5.56 Å². The minimum atomic E-state index is -0.622. The van der Waals surface area contributed by atoms with Crippen LogP contribution in [0.4, 0.5) is 0 Å². The maximum Gasteiger partial charge on any atom is 0.339 e. The Kier molecular flexibility index (Phi) is 3.80. The first kappa shape index (κ1) is 15.1. The number of ether oxygens (including phenoxy) is 1. The molecule has 0 saturated heterocycles. The van der Waals surface area contributed by atoms with Crippen molar-refractivity contribution < 1.29 is 14.6 Å². The number of methoxy groups -OCH3 is 1. The number of benzene rings is 2. The lowest BCUT2D eigenvalue weighted by Crippen LogP contribution is -2.10. The summed E-state index contributed by atoms with van der Waals surface area (Å²) in [4.78, 5) is 26.7. The molecule has 0 amide bonds. The second-order valence-electron chi connectivity index (χ2n) is 4.91. The van der Waals surface area contributed by atoms with Gasteiger partial charge in [-0.15, -0.1) is 0 Å². The molecular formula is C17H12ClNO4. The van der Waals surface area contributed by atoms with Crippen LogP contribution in [-0.4, -0.2) is 23.2 Å². The fourth-order valence-corrected chi connectivity index (χ4v) is 2.68. The van der Waals surface area contributed by atoms with E-state index in [-0.39, 0.29) is 21.9 Å². The number of fused-ring (bicyclic) bond motifs is 1. The van der Waals surface area contributed by atoms with Gasteiger partial charge < -0.3 is 14.8 Å². The first-order valence-corrected chi connectivity index (χ1v) is 7.13.